The molecule has 98 valence electrons. The molecule has 1 fully saturated rings. The van der Waals surface area contributed by atoms with Gasteiger partial charge in [-0.3, -0.25) is 4.79 Å². The predicted molar refractivity (Wildman–Crippen MR) is 67.8 cm³/mol. The molecule has 1 amide bonds. The fraction of sp³-hybridized carbons (Fsp3) is 0.417. The van der Waals surface area contributed by atoms with Crippen LogP contribution in [0.3, 0.4) is 0 Å². The van der Waals surface area contributed by atoms with Crippen LogP contribution in [-0.2, 0) is 10.0 Å². The zero-order chi connectivity index (χ0) is 13.2. The molecule has 0 aromatic heterocycles. The van der Waals surface area contributed by atoms with Crippen LogP contribution in [-0.4, -0.2) is 38.8 Å². The van der Waals surface area contributed by atoms with Crippen LogP contribution in [0.25, 0.3) is 0 Å². The minimum atomic E-state index is -3.39. The molecular weight excluding hydrogens is 252 g/mol. The molecular formula is C12H16N2O3S. The van der Waals surface area contributed by atoms with Gasteiger partial charge in [-0.25, -0.2) is 8.42 Å². The Morgan fingerprint density at radius 3 is 2.22 bits per heavy atom. The van der Waals surface area contributed by atoms with E-state index >= 15 is 0 Å². The number of rotatable bonds is 3. The molecule has 1 N–H and O–H groups in total. The Hall–Kier alpha value is -1.40. The first-order valence-electron chi connectivity index (χ1n) is 5.88. The van der Waals surface area contributed by atoms with E-state index in [-0.39, 0.29) is 10.8 Å². The molecule has 0 bridgehead atoms. The number of sulfonamides is 1. The highest BCUT2D eigenvalue weighted by Crippen LogP contribution is 2.20. The molecule has 0 unspecified atom stereocenters. The number of carbonyl (C=O) groups excluding carboxylic acids is 1. The number of benzene rings is 1. The van der Waals surface area contributed by atoms with Crippen molar-refractivity contribution in [1.29, 1.82) is 0 Å². The lowest BCUT2D eigenvalue weighted by Crippen LogP contribution is -2.28. The largest absolute Gasteiger partial charge is 0.355 e. The lowest BCUT2D eigenvalue weighted by Gasteiger charge is -2.15. The Labute approximate surface area is 107 Å². The molecule has 0 saturated carbocycles. The van der Waals surface area contributed by atoms with Crippen molar-refractivity contribution >= 4 is 15.9 Å². The highest BCUT2D eigenvalue weighted by Gasteiger charge is 2.26. The summed E-state index contributed by atoms with van der Waals surface area (Å²) >= 11 is 0. The van der Waals surface area contributed by atoms with Gasteiger partial charge in [0.2, 0.25) is 10.0 Å². The summed E-state index contributed by atoms with van der Waals surface area (Å²) in [5, 5.41) is 2.50. The van der Waals surface area contributed by atoms with Crippen LogP contribution >= 0.6 is 0 Å². The third-order valence-corrected chi connectivity index (χ3v) is 4.96. The van der Waals surface area contributed by atoms with E-state index in [0.29, 0.717) is 18.7 Å². The molecule has 5 nitrogen and oxygen atoms in total. The molecule has 1 aliphatic rings. The summed E-state index contributed by atoms with van der Waals surface area (Å²) < 4.78 is 25.9. The van der Waals surface area contributed by atoms with Gasteiger partial charge in [-0.1, -0.05) is 0 Å². The van der Waals surface area contributed by atoms with E-state index in [4.69, 9.17) is 0 Å². The number of hydrogen-bond donors (Lipinski definition) is 1. The second-order valence-electron chi connectivity index (χ2n) is 4.21. The van der Waals surface area contributed by atoms with Crippen LogP contribution in [0, 0.1) is 0 Å². The maximum absolute atomic E-state index is 12.2. The van der Waals surface area contributed by atoms with Gasteiger partial charge in [-0.2, -0.15) is 4.31 Å². The Morgan fingerprint density at radius 1 is 1.17 bits per heavy atom. The number of carbonyl (C=O) groups is 1. The minimum absolute atomic E-state index is 0.222. The summed E-state index contributed by atoms with van der Waals surface area (Å²) in [6.45, 7) is 1.17. The molecule has 18 heavy (non-hydrogen) atoms. The van der Waals surface area contributed by atoms with E-state index in [1.807, 2.05) is 0 Å². The number of nitrogens with zero attached hydrogens (tertiary/aromatic N) is 1. The third kappa shape index (κ3) is 2.39. The van der Waals surface area contributed by atoms with Crippen LogP contribution in [0.2, 0.25) is 0 Å². The van der Waals surface area contributed by atoms with E-state index in [1.54, 1.807) is 0 Å². The van der Waals surface area contributed by atoms with Gasteiger partial charge in [0.05, 0.1) is 4.90 Å². The van der Waals surface area contributed by atoms with E-state index in [2.05, 4.69) is 5.32 Å². The van der Waals surface area contributed by atoms with Crippen molar-refractivity contribution in [3.63, 3.8) is 0 Å². The molecule has 0 radical (unpaired) electrons. The van der Waals surface area contributed by atoms with Gasteiger partial charge in [0.1, 0.15) is 0 Å². The smallest absolute Gasteiger partial charge is 0.251 e. The lowest BCUT2D eigenvalue weighted by atomic mass is 10.2. The van der Waals surface area contributed by atoms with E-state index in [1.165, 1.54) is 35.6 Å². The predicted octanol–water partition coefficient (Wildman–Crippen LogP) is 0.831. The molecule has 0 aliphatic carbocycles. The van der Waals surface area contributed by atoms with Gasteiger partial charge in [0.15, 0.2) is 0 Å². The van der Waals surface area contributed by atoms with Gasteiger partial charge in [0.25, 0.3) is 5.91 Å². The molecule has 1 aliphatic heterocycles. The molecule has 6 heteroatoms. The Bertz CT molecular complexity index is 531. The molecule has 0 spiro atoms. The zero-order valence-electron chi connectivity index (χ0n) is 10.2. The first-order valence-corrected chi connectivity index (χ1v) is 7.32. The topological polar surface area (TPSA) is 66.5 Å². The van der Waals surface area contributed by atoms with Gasteiger partial charge < -0.3 is 5.32 Å². The van der Waals surface area contributed by atoms with Crippen molar-refractivity contribution < 1.29 is 13.2 Å². The van der Waals surface area contributed by atoms with Crippen molar-refractivity contribution in [3.8, 4) is 0 Å². The summed E-state index contributed by atoms with van der Waals surface area (Å²) in [5.74, 6) is -0.222. The van der Waals surface area contributed by atoms with Gasteiger partial charge in [0, 0.05) is 25.7 Å². The minimum Gasteiger partial charge on any atom is -0.355 e. The van der Waals surface area contributed by atoms with E-state index in [9.17, 15) is 13.2 Å². The van der Waals surface area contributed by atoms with Crippen LogP contribution in [0.5, 0.6) is 0 Å². The van der Waals surface area contributed by atoms with Crippen LogP contribution in [0.1, 0.15) is 23.2 Å². The monoisotopic (exact) mass is 268 g/mol. The molecule has 2 rings (SSSR count). The number of amides is 1. The van der Waals surface area contributed by atoms with Crippen LogP contribution < -0.4 is 5.32 Å². The summed E-state index contributed by atoms with van der Waals surface area (Å²) in [7, 11) is -1.85. The first-order chi connectivity index (χ1) is 8.55. The third-order valence-electron chi connectivity index (χ3n) is 3.05. The normalized spacial score (nSPS) is 16.7. The highest BCUT2D eigenvalue weighted by molar-refractivity contribution is 7.89. The Balaban J connectivity index is 2.26. The maximum Gasteiger partial charge on any atom is 0.251 e. The lowest BCUT2D eigenvalue weighted by molar-refractivity contribution is 0.0963. The van der Waals surface area contributed by atoms with Crippen molar-refractivity contribution in [1.82, 2.24) is 9.62 Å². The van der Waals surface area contributed by atoms with Gasteiger partial charge >= 0.3 is 0 Å². The molecule has 1 aromatic rings. The SMILES string of the molecule is CNC(=O)c1ccc(S(=O)(=O)N2CCCC2)cc1. The molecule has 0 atom stereocenters. The van der Waals surface area contributed by atoms with Gasteiger partial charge in [-0.15, -0.1) is 0 Å². The standard InChI is InChI=1S/C12H16N2O3S/c1-13-12(15)10-4-6-11(7-5-10)18(16,17)14-8-2-3-9-14/h4-7H,2-3,8-9H2,1H3,(H,13,15). The second kappa shape index (κ2) is 5.07. The molecule has 1 heterocycles. The molecule has 1 saturated heterocycles. The fourth-order valence-electron chi connectivity index (χ4n) is 2.00. The van der Waals surface area contributed by atoms with Crippen molar-refractivity contribution in [2.75, 3.05) is 20.1 Å². The summed E-state index contributed by atoms with van der Waals surface area (Å²) in [6, 6.07) is 6.03. The van der Waals surface area contributed by atoms with Crippen LogP contribution in [0.4, 0.5) is 0 Å². The Kier molecular flexibility index (Phi) is 3.68. The summed E-state index contributed by atoms with van der Waals surface area (Å²) in [5.41, 5.74) is 0.456. The van der Waals surface area contributed by atoms with Crippen molar-refractivity contribution in [2.45, 2.75) is 17.7 Å². The Morgan fingerprint density at radius 2 is 1.72 bits per heavy atom. The highest BCUT2D eigenvalue weighted by atomic mass is 32.2. The van der Waals surface area contributed by atoms with Gasteiger partial charge in [-0.05, 0) is 37.1 Å². The average molecular weight is 268 g/mol. The number of hydrogen-bond acceptors (Lipinski definition) is 3. The quantitative estimate of drug-likeness (QED) is 0.883. The number of nitrogens with one attached hydrogen (secondary N) is 1. The summed E-state index contributed by atoms with van der Waals surface area (Å²) in [6.07, 6.45) is 1.82. The van der Waals surface area contributed by atoms with E-state index in [0.717, 1.165) is 12.8 Å². The zero-order valence-corrected chi connectivity index (χ0v) is 11.0. The first kappa shape index (κ1) is 13.0. The van der Waals surface area contributed by atoms with E-state index < -0.39 is 10.0 Å². The molecule has 1 aromatic carbocycles. The fourth-order valence-corrected chi connectivity index (χ4v) is 3.52. The van der Waals surface area contributed by atoms with Crippen molar-refractivity contribution in [2.24, 2.45) is 0 Å². The van der Waals surface area contributed by atoms with Crippen LogP contribution in [0.15, 0.2) is 29.2 Å². The second-order valence-corrected chi connectivity index (χ2v) is 6.15. The maximum atomic E-state index is 12.2. The summed E-state index contributed by atoms with van der Waals surface area (Å²) in [4.78, 5) is 11.6. The average Bonchev–Trinajstić information content (AvgIpc) is 2.92. The van der Waals surface area contributed by atoms with Crippen molar-refractivity contribution in [3.05, 3.63) is 29.8 Å².